The Morgan fingerprint density at radius 3 is 2.00 bits per heavy atom. The Labute approximate surface area is 211 Å². The maximum atomic E-state index is 13.8. The van der Waals surface area contributed by atoms with Gasteiger partial charge >= 0.3 is 0 Å². The number of aromatic nitrogens is 2. The molecule has 2 amide bonds. The average Bonchev–Trinajstić information content (AvgIpc) is 3.29. The minimum Gasteiger partial charge on any atom is -0.268 e. The van der Waals surface area contributed by atoms with Crippen LogP contribution in [0.4, 0.5) is 5.82 Å². The van der Waals surface area contributed by atoms with Crippen molar-refractivity contribution < 1.29 is 9.59 Å². The molecule has 0 fully saturated rings. The van der Waals surface area contributed by atoms with E-state index in [4.69, 9.17) is 5.10 Å². The number of hydrogen-bond acceptors (Lipinski definition) is 5. The van der Waals surface area contributed by atoms with Crippen LogP contribution < -0.4 is 4.90 Å². The third kappa shape index (κ3) is 3.47. The Kier molecular flexibility index (Phi) is 5.36. The fourth-order valence-electron chi connectivity index (χ4n) is 4.49. The second kappa shape index (κ2) is 8.84. The van der Waals surface area contributed by atoms with E-state index in [-0.39, 0.29) is 11.4 Å². The number of amides is 2. The summed E-state index contributed by atoms with van der Waals surface area (Å²) >= 11 is 1.40. The summed E-state index contributed by atoms with van der Waals surface area (Å²) < 4.78 is 1.52. The number of carbonyl (C=O) groups excluding carboxylic acids is 2. The van der Waals surface area contributed by atoms with Crippen LogP contribution in [-0.4, -0.2) is 21.6 Å². The van der Waals surface area contributed by atoms with Crippen LogP contribution in [0.1, 0.15) is 31.8 Å². The van der Waals surface area contributed by atoms with Gasteiger partial charge in [0.2, 0.25) is 0 Å². The van der Waals surface area contributed by atoms with Crippen molar-refractivity contribution >= 4 is 40.2 Å². The van der Waals surface area contributed by atoms with Gasteiger partial charge in [-0.1, -0.05) is 84.6 Å². The maximum Gasteiger partial charge on any atom is 0.267 e. The van der Waals surface area contributed by atoms with Gasteiger partial charge in [-0.15, -0.1) is 0 Å². The average molecular weight is 487 g/mol. The molecule has 0 unspecified atom stereocenters. The van der Waals surface area contributed by atoms with Gasteiger partial charge < -0.3 is 0 Å². The third-order valence-corrected chi connectivity index (χ3v) is 7.18. The molecular weight excluding hydrogens is 468 g/mol. The summed E-state index contributed by atoms with van der Waals surface area (Å²) in [4.78, 5) is 28.7. The van der Waals surface area contributed by atoms with Crippen molar-refractivity contribution in [3.8, 4) is 11.8 Å². The number of carbonyl (C=O) groups is 2. The number of anilines is 1. The van der Waals surface area contributed by atoms with E-state index in [1.807, 2.05) is 72.8 Å². The Hall–Kier alpha value is -4.67. The first-order valence-corrected chi connectivity index (χ1v) is 12.3. The molecule has 1 aliphatic rings. The molecule has 36 heavy (non-hydrogen) atoms. The van der Waals surface area contributed by atoms with Crippen molar-refractivity contribution in [2.24, 2.45) is 0 Å². The van der Waals surface area contributed by atoms with Crippen LogP contribution in [0, 0.1) is 11.3 Å². The fraction of sp³-hybridized carbons (Fsp3) is 0.0345. The molecule has 6 nitrogen and oxygen atoms in total. The molecule has 0 N–H and O–H groups in total. The van der Waals surface area contributed by atoms with Crippen LogP contribution >= 0.6 is 11.8 Å². The zero-order chi connectivity index (χ0) is 24.6. The molecule has 0 bridgehead atoms. The van der Waals surface area contributed by atoms with Crippen molar-refractivity contribution in [1.29, 1.82) is 5.26 Å². The van der Waals surface area contributed by atoms with Crippen molar-refractivity contribution in [2.75, 3.05) is 4.90 Å². The summed E-state index contributed by atoms with van der Waals surface area (Å²) in [7, 11) is 0. The minimum atomic E-state index is -0.475. The molecule has 1 aromatic heterocycles. The Bertz CT molecular complexity index is 1640. The molecule has 172 valence electrons. The van der Waals surface area contributed by atoms with Gasteiger partial charge in [0.05, 0.1) is 5.69 Å². The standard InChI is InChI=1S/C29H18N4O2S/c30-17-24-26(36-18-19-9-3-1-4-10-19)31-33(21-13-5-2-6-14-21)27(24)32-28(34)22-15-7-11-20-12-8-16-23(25(20)22)29(32)35/h1-16H,18H2. The summed E-state index contributed by atoms with van der Waals surface area (Å²) in [6, 6.07) is 32.1. The zero-order valence-electron chi connectivity index (χ0n) is 19.0. The summed E-state index contributed by atoms with van der Waals surface area (Å²) in [6.07, 6.45) is 0. The number of rotatable bonds is 5. The van der Waals surface area contributed by atoms with Gasteiger partial charge in [-0.2, -0.15) is 10.4 Å². The van der Waals surface area contributed by atoms with Gasteiger partial charge in [0.25, 0.3) is 11.8 Å². The first-order valence-electron chi connectivity index (χ1n) is 11.3. The van der Waals surface area contributed by atoms with E-state index in [1.165, 1.54) is 16.4 Å². The fourth-order valence-corrected chi connectivity index (χ4v) is 5.41. The molecule has 7 heteroatoms. The predicted molar refractivity (Wildman–Crippen MR) is 139 cm³/mol. The van der Waals surface area contributed by atoms with E-state index in [0.717, 1.165) is 15.8 Å². The van der Waals surface area contributed by atoms with Gasteiger partial charge in [-0.25, -0.2) is 9.58 Å². The van der Waals surface area contributed by atoms with Crippen molar-refractivity contribution in [1.82, 2.24) is 9.78 Å². The van der Waals surface area contributed by atoms with E-state index in [1.54, 1.807) is 24.3 Å². The largest absolute Gasteiger partial charge is 0.268 e. The lowest BCUT2D eigenvalue weighted by Crippen LogP contribution is -2.42. The molecule has 0 saturated carbocycles. The summed E-state index contributed by atoms with van der Waals surface area (Å²) in [5.41, 5.74) is 2.76. The number of hydrogen-bond donors (Lipinski definition) is 0. The normalized spacial score (nSPS) is 12.7. The molecule has 0 saturated heterocycles. The molecule has 0 aliphatic carbocycles. The lowest BCUT2D eigenvalue weighted by molar-refractivity contribution is 0.0891. The number of para-hydroxylation sites is 1. The van der Waals surface area contributed by atoms with Crippen LogP contribution in [0.5, 0.6) is 0 Å². The molecule has 4 aromatic carbocycles. The van der Waals surface area contributed by atoms with E-state index in [9.17, 15) is 14.9 Å². The highest BCUT2D eigenvalue weighted by Gasteiger charge is 2.38. The quantitative estimate of drug-likeness (QED) is 0.225. The lowest BCUT2D eigenvalue weighted by atomic mass is 9.94. The SMILES string of the molecule is N#Cc1c(SCc2ccccc2)nn(-c2ccccc2)c1N1C(=O)c2cccc3cccc(c23)C1=O. The van der Waals surface area contributed by atoms with E-state index in [2.05, 4.69) is 6.07 Å². The van der Waals surface area contributed by atoms with Crippen molar-refractivity contribution in [3.63, 3.8) is 0 Å². The molecule has 0 atom stereocenters. The van der Waals surface area contributed by atoms with Crippen LogP contribution in [0.3, 0.4) is 0 Å². The second-order valence-corrected chi connectivity index (χ2v) is 9.26. The third-order valence-electron chi connectivity index (χ3n) is 6.14. The number of benzene rings is 4. The first-order chi connectivity index (χ1) is 17.7. The highest BCUT2D eigenvalue weighted by atomic mass is 32.2. The van der Waals surface area contributed by atoms with E-state index < -0.39 is 11.8 Å². The summed E-state index contributed by atoms with van der Waals surface area (Å²) in [5, 5.41) is 16.9. The lowest BCUT2D eigenvalue weighted by Gasteiger charge is -2.27. The van der Waals surface area contributed by atoms with Gasteiger partial charge in [0.15, 0.2) is 5.82 Å². The van der Waals surface area contributed by atoms with Crippen molar-refractivity contribution in [2.45, 2.75) is 10.8 Å². The van der Waals surface area contributed by atoms with Gasteiger partial charge in [-0.05, 0) is 35.2 Å². The Morgan fingerprint density at radius 1 is 0.778 bits per heavy atom. The molecular formula is C29H18N4O2S. The van der Waals surface area contributed by atoms with E-state index in [0.29, 0.717) is 33.0 Å². The molecule has 2 heterocycles. The van der Waals surface area contributed by atoms with Crippen LogP contribution in [-0.2, 0) is 5.75 Å². The predicted octanol–water partition coefficient (Wildman–Crippen LogP) is 5.99. The zero-order valence-corrected chi connectivity index (χ0v) is 19.8. The molecule has 0 spiro atoms. The van der Waals surface area contributed by atoms with Crippen LogP contribution in [0.25, 0.3) is 16.5 Å². The Morgan fingerprint density at radius 2 is 1.39 bits per heavy atom. The Balaban J connectivity index is 1.54. The topological polar surface area (TPSA) is 79.0 Å². The second-order valence-electron chi connectivity index (χ2n) is 8.29. The monoisotopic (exact) mass is 486 g/mol. The smallest absolute Gasteiger partial charge is 0.267 e. The molecule has 0 radical (unpaired) electrons. The number of nitrogens with zero attached hydrogens (tertiary/aromatic N) is 4. The van der Waals surface area contributed by atoms with Gasteiger partial charge in [0.1, 0.15) is 16.7 Å². The minimum absolute atomic E-state index is 0.153. The van der Waals surface area contributed by atoms with E-state index >= 15 is 0 Å². The summed E-state index contributed by atoms with van der Waals surface area (Å²) in [5.74, 6) is -0.208. The maximum absolute atomic E-state index is 13.8. The first kappa shape index (κ1) is 21.8. The number of imide groups is 1. The van der Waals surface area contributed by atoms with Crippen LogP contribution in [0.2, 0.25) is 0 Å². The highest BCUT2D eigenvalue weighted by Crippen LogP contribution is 2.38. The van der Waals surface area contributed by atoms with Crippen molar-refractivity contribution in [3.05, 3.63) is 119 Å². The van der Waals surface area contributed by atoms with Gasteiger partial charge in [-0.3, -0.25) is 9.59 Å². The highest BCUT2D eigenvalue weighted by molar-refractivity contribution is 7.98. The summed E-state index contributed by atoms with van der Waals surface area (Å²) in [6.45, 7) is 0. The van der Waals surface area contributed by atoms with Crippen LogP contribution in [0.15, 0.2) is 102 Å². The molecule has 5 aromatic rings. The molecule has 1 aliphatic heterocycles. The molecule has 6 rings (SSSR count). The number of nitriles is 1. The number of thioether (sulfide) groups is 1. The van der Waals surface area contributed by atoms with Gasteiger partial charge in [0, 0.05) is 22.3 Å².